The fourth-order valence-electron chi connectivity index (χ4n) is 1.87. The third-order valence-corrected chi connectivity index (χ3v) is 3.81. The van der Waals surface area contributed by atoms with E-state index in [4.69, 9.17) is 5.73 Å². The van der Waals surface area contributed by atoms with Crippen molar-refractivity contribution >= 4 is 21.4 Å². The fraction of sp³-hybridized carbons (Fsp3) is 0.273. The number of nitrogens with two attached hydrogens (primary N) is 1. The molecular weight excluding hydrogens is 192 g/mol. The normalized spacial score (nSPS) is 19.5. The summed E-state index contributed by atoms with van der Waals surface area (Å²) in [7, 11) is 0. The molecule has 2 aromatic rings. The number of hydrogen-bond donors (Lipinski definition) is 2. The Balaban J connectivity index is 2.13. The highest BCUT2D eigenvalue weighted by molar-refractivity contribution is 7.17. The molecule has 0 radical (unpaired) electrons. The van der Waals surface area contributed by atoms with Crippen molar-refractivity contribution < 1.29 is 0 Å². The Labute approximate surface area is 86.7 Å². The summed E-state index contributed by atoms with van der Waals surface area (Å²) in [5.41, 5.74) is 7.35. The summed E-state index contributed by atoms with van der Waals surface area (Å²) in [5.74, 6) is 0. The predicted molar refractivity (Wildman–Crippen MR) is 60.6 cm³/mol. The Hall–Kier alpha value is -0.900. The first kappa shape index (κ1) is 8.41. The van der Waals surface area contributed by atoms with Crippen molar-refractivity contribution in [3.8, 4) is 0 Å². The van der Waals surface area contributed by atoms with E-state index >= 15 is 0 Å². The van der Waals surface area contributed by atoms with E-state index in [-0.39, 0.29) is 5.54 Å². The van der Waals surface area contributed by atoms with Gasteiger partial charge in [-0.15, -0.1) is 11.3 Å². The molecule has 0 aliphatic carbocycles. The summed E-state index contributed by atoms with van der Waals surface area (Å²) < 4.78 is 1.34. The van der Waals surface area contributed by atoms with Crippen LogP contribution in [0.5, 0.6) is 0 Å². The van der Waals surface area contributed by atoms with Gasteiger partial charge in [0.2, 0.25) is 0 Å². The van der Waals surface area contributed by atoms with Crippen LogP contribution in [-0.4, -0.2) is 13.1 Å². The zero-order valence-corrected chi connectivity index (χ0v) is 8.60. The topological polar surface area (TPSA) is 38.0 Å². The van der Waals surface area contributed by atoms with Gasteiger partial charge in [0, 0.05) is 17.8 Å². The van der Waals surface area contributed by atoms with E-state index in [1.807, 2.05) is 0 Å². The van der Waals surface area contributed by atoms with Crippen LogP contribution in [0.2, 0.25) is 0 Å². The molecule has 2 heterocycles. The SMILES string of the molecule is NC1(c2ccc3sccc3c2)CNC1. The molecule has 1 aliphatic heterocycles. The molecule has 3 rings (SSSR count). The molecular formula is C11H12N2S. The minimum Gasteiger partial charge on any atom is -0.319 e. The van der Waals surface area contributed by atoms with Gasteiger partial charge in [0.15, 0.2) is 0 Å². The average Bonchev–Trinajstić information content (AvgIpc) is 2.60. The summed E-state index contributed by atoms with van der Waals surface area (Å²) in [6, 6.07) is 8.69. The molecule has 2 nitrogen and oxygen atoms in total. The lowest BCUT2D eigenvalue weighted by Gasteiger charge is -2.39. The van der Waals surface area contributed by atoms with Crippen LogP contribution in [0.25, 0.3) is 10.1 Å². The molecule has 1 aromatic heterocycles. The summed E-state index contributed by atoms with van der Waals surface area (Å²) in [6.07, 6.45) is 0. The average molecular weight is 204 g/mol. The molecule has 0 unspecified atom stereocenters. The summed E-state index contributed by atoms with van der Waals surface area (Å²) in [5, 5.41) is 6.65. The second kappa shape index (κ2) is 2.79. The van der Waals surface area contributed by atoms with Crippen molar-refractivity contribution in [2.75, 3.05) is 13.1 Å². The molecule has 1 saturated heterocycles. The van der Waals surface area contributed by atoms with Crippen LogP contribution in [0.1, 0.15) is 5.56 Å². The van der Waals surface area contributed by atoms with Gasteiger partial charge in [0.25, 0.3) is 0 Å². The molecule has 3 N–H and O–H groups in total. The third-order valence-electron chi connectivity index (χ3n) is 2.91. The maximum absolute atomic E-state index is 6.22. The van der Waals surface area contributed by atoms with E-state index in [0.29, 0.717) is 0 Å². The van der Waals surface area contributed by atoms with E-state index < -0.39 is 0 Å². The molecule has 14 heavy (non-hydrogen) atoms. The van der Waals surface area contributed by atoms with Crippen molar-refractivity contribution in [2.45, 2.75) is 5.54 Å². The Morgan fingerprint density at radius 1 is 1.29 bits per heavy atom. The second-order valence-electron chi connectivity index (χ2n) is 3.93. The zero-order chi connectivity index (χ0) is 9.60. The highest BCUT2D eigenvalue weighted by Crippen LogP contribution is 2.28. The van der Waals surface area contributed by atoms with Crippen molar-refractivity contribution in [1.82, 2.24) is 5.32 Å². The van der Waals surface area contributed by atoms with Gasteiger partial charge in [-0.1, -0.05) is 6.07 Å². The third kappa shape index (κ3) is 1.10. The smallest absolute Gasteiger partial charge is 0.0662 e. The monoisotopic (exact) mass is 204 g/mol. The van der Waals surface area contributed by atoms with Crippen molar-refractivity contribution in [3.05, 3.63) is 35.2 Å². The van der Waals surface area contributed by atoms with E-state index in [1.165, 1.54) is 15.6 Å². The largest absolute Gasteiger partial charge is 0.319 e. The molecule has 72 valence electrons. The van der Waals surface area contributed by atoms with Crippen LogP contribution in [0.3, 0.4) is 0 Å². The molecule has 0 saturated carbocycles. The quantitative estimate of drug-likeness (QED) is 0.741. The molecule has 0 spiro atoms. The van der Waals surface area contributed by atoms with Crippen LogP contribution in [-0.2, 0) is 5.54 Å². The second-order valence-corrected chi connectivity index (χ2v) is 4.88. The highest BCUT2D eigenvalue weighted by atomic mass is 32.1. The molecule has 1 aliphatic rings. The molecule has 0 amide bonds. The van der Waals surface area contributed by atoms with Crippen LogP contribution in [0.15, 0.2) is 29.6 Å². The van der Waals surface area contributed by atoms with Crippen molar-refractivity contribution in [3.63, 3.8) is 0 Å². The number of nitrogens with one attached hydrogen (secondary N) is 1. The molecule has 1 aromatic carbocycles. The summed E-state index contributed by atoms with van der Waals surface area (Å²) in [4.78, 5) is 0. The maximum Gasteiger partial charge on any atom is 0.0662 e. The lowest BCUT2D eigenvalue weighted by molar-refractivity contribution is 0.287. The van der Waals surface area contributed by atoms with E-state index in [9.17, 15) is 0 Å². The number of benzene rings is 1. The number of fused-ring (bicyclic) bond motifs is 1. The fourth-order valence-corrected chi connectivity index (χ4v) is 2.65. The van der Waals surface area contributed by atoms with Gasteiger partial charge >= 0.3 is 0 Å². The minimum absolute atomic E-state index is 0.129. The van der Waals surface area contributed by atoms with Crippen molar-refractivity contribution in [1.29, 1.82) is 0 Å². The molecule has 0 bridgehead atoms. The van der Waals surface area contributed by atoms with E-state index in [0.717, 1.165) is 13.1 Å². The molecule has 0 atom stereocenters. The Bertz CT molecular complexity index is 471. The molecule has 3 heteroatoms. The highest BCUT2D eigenvalue weighted by Gasteiger charge is 2.34. The van der Waals surface area contributed by atoms with Crippen LogP contribution < -0.4 is 11.1 Å². The summed E-state index contributed by atoms with van der Waals surface area (Å²) >= 11 is 1.78. The van der Waals surface area contributed by atoms with Gasteiger partial charge < -0.3 is 11.1 Å². The minimum atomic E-state index is -0.129. The Morgan fingerprint density at radius 3 is 2.86 bits per heavy atom. The molecule has 1 fully saturated rings. The lowest BCUT2D eigenvalue weighted by Crippen LogP contribution is -2.62. The first-order chi connectivity index (χ1) is 6.78. The number of thiophene rings is 1. The van der Waals surface area contributed by atoms with Crippen LogP contribution >= 0.6 is 11.3 Å². The predicted octanol–water partition coefficient (Wildman–Crippen LogP) is 1.66. The van der Waals surface area contributed by atoms with Gasteiger partial charge in [-0.2, -0.15) is 0 Å². The first-order valence-corrected chi connectivity index (χ1v) is 5.63. The number of rotatable bonds is 1. The van der Waals surface area contributed by atoms with Crippen LogP contribution in [0, 0.1) is 0 Å². The van der Waals surface area contributed by atoms with Crippen molar-refractivity contribution in [2.24, 2.45) is 5.73 Å². The zero-order valence-electron chi connectivity index (χ0n) is 7.79. The van der Waals surface area contributed by atoms with E-state index in [1.54, 1.807) is 11.3 Å². The first-order valence-electron chi connectivity index (χ1n) is 4.75. The lowest BCUT2D eigenvalue weighted by atomic mass is 9.85. The number of hydrogen-bond acceptors (Lipinski definition) is 3. The van der Waals surface area contributed by atoms with Gasteiger partial charge in [-0.05, 0) is 34.5 Å². The maximum atomic E-state index is 6.22. The van der Waals surface area contributed by atoms with Gasteiger partial charge in [0.05, 0.1) is 5.54 Å². The van der Waals surface area contributed by atoms with Gasteiger partial charge in [-0.25, -0.2) is 0 Å². The van der Waals surface area contributed by atoms with Gasteiger partial charge in [0.1, 0.15) is 0 Å². The Morgan fingerprint density at radius 2 is 2.14 bits per heavy atom. The van der Waals surface area contributed by atoms with Crippen LogP contribution in [0.4, 0.5) is 0 Å². The van der Waals surface area contributed by atoms with E-state index in [2.05, 4.69) is 35.0 Å². The Kier molecular flexibility index (Phi) is 1.68. The summed E-state index contributed by atoms with van der Waals surface area (Å²) in [6.45, 7) is 1.78. The standard InChI is InChI=1S/C11H12N2S/c12-11(6-13-7-11)9-1-2-10-8(5-9)3-4-14-10/h1-5,13H,6-7,12H2. The van der Waals surface area contributed by atoms with Gasteiger partial charge in [-0.3, -0.25) is 0 Å².